The molecule has 0 aromatic rings. The van der Waals surface area contributed by atoms with E-state index in [4.69, 9.17) is 5.73 Å². The van der Waals surface area contributed by atoms with Crippen LogP contribution in [0.3, 0.4) is 0 Å². The second-order valence-corrected chi connectivity index (χ2v) is 6.20. The van der Waals surface area contributed by atoms with Crippen LogP contribution in [-0.2, 0) is 9.59 Å². The molecular formula is C12H16N2O3S. The zero-order chi connectivity index (χ0) is 12.9. The molecule has 2 atom stereocenters. The average molecular weight is 268 g/mol. The topological polar surface area (TPSA) is 83.6 Å². The van der Waals surface area contributed by atoms with Gasteiger partial charge in [0, 0.05) is 5.75 Å². The molecule has 98 valence electrons. The van der Waals surface area contributed by atoms with E-state index in [1.165, 1.54) is 4.90 Å². The lowest BCUT2D eigenvalue weighted by Crippen LogP contribution is -2.68. The van der Waals surface area contributed by atoms with Crippen molar-refractivity contribution < 1.29 is 14.7 Å². The molecule has 2 aliphatic heterocycles. The van der Waals surface area contributed by atoms with Crippen molar-refractivity contribution in [3.8, 4) is 0 Å². The highest BCUT2D eigenvalue weighted by Crippen LogP contribution is 2.44. The predicted octanol–water partition coefficient (Wildman–Crippen LogP) is 0.758. The number of rotatable bonds is 2. The van der Waals surface area contributed by atoms with Gasteiger partial charge in [0.15, 0.2) is 0 Å². The molecule has 1 amide bonds. The van der Waals surface area contributed by atoms with Gasteiger partial charge in [0.25, 0.3) is 0 Å². The summed E-state index contributed by atoms with van der Waals surface area (Å²) in [5.41, 5.74) is 6.88. The minimum Gasteiger partial charge on any atom is -0.477 e. The summed E-state index contributed by atoms with van der Waals surface area (Å²) in [7, 11) is 0. The number of thioether (sulfide) groups is 1. The molecule has 2 heterocycles. The number of hydrogen-bond donors (Lipinski definition) is 2. The molecule has 6 heteroatoms. The lowest BCUT2D eigenvalue weighted by molar-refractivity contribution is -0.148. The molecular weight excluding hydrogens is 252 g/mol. The molecule has 2 fully saturated rings. The first-order valence-electron chi connectivity index (χ1n) is 6.28. The van der Waals surface area contributed by atoms with Gasteiger partial charge < -0.3 is 10.8 Å². The molecule has 5 nitrogen and oxygen atoms in total. The van der Waals surface area contributed by atoms with Crippen molar-refractivity contribution in [1.82, 2.24) is 4.90 Å². The van der Waals surface area contributed by atoms with E-state index < -0.39 is 12.0 Å². The first-order valence-corrected chi connectivity index (χ1v) is 7.32. The smallest absolute Gasteiger partial charge is 0.352 e. The highest BCUT2D eigenvalue weighted by Gasteiger charge is 2.52. The second-order valence-electron chi connectivity index (χ2n) is 5.10. The number of aliphatic carboxylic acids is 1. The Morgan fingerprint density at radius 1 is 1.39 bits per heavy atom. The van der Waals surface area contributed by atoms with E-state index in [1.807, 2.05) is 0 Å². The summed E-state index contributed by atoms with van der Waals surface area (Å²) in [4.78, 5) is 24.6. The third-order valence-electron chi connectivity index (χ3n) is 4.09. The number of nitrogens with zero attached hydrogens (tertiary/aromatic N) is 1. The summed E-state index contributed by atoms with van der Waals surface area (Å²) in [6.45, 7) is 0. The van der Waals surface area contributed by atoms with E-state index in [9.17, 15) is 14.7 Å². The van der Waals surface area contributed by atoms with Crippen molar-refractivity contribution in [3.05, 3.63) is 11.3 Å². The van der Waals surface area contributed by atoms with Crippen LogP contribution in [-0.4, -0.2) is 39.1 Å². The van der Waals surface area contributed by atoms with Crippen molar-refractivity contribution in [2.75, 3.05) is 5.75 Å². The maximum atomic E-state index is 11.8. The minimum absolute atomic E-state index is 0.172. The number of nitrogens with two attached hydrogens (primary N) is 1. The van der Waals surface area contributed by atoms with Crippen LogP contribution in [0.1, 0.15) is 25.7 Å². The fourth-order valence-corrected chi connectivity index (χ4v) is 4.53. The second kappa shape index (κ2) is 4.28. The Morgan fingerprint density at radius 2 is 2.06 bits per heavy atom. The molecule has 0 aromatic heterocycles. The van der Waals surface area contributed by atoms with E-state index in [1.54, 1.807) is 11.8 Å². The Bertz CT molecular complexity index is 443. The molecule has 0 aromatic carbocycles. The van der Waals surface area contributed by atoms with E-state index in [0.717, 1.165) is 31.3 Å². The van der Waals surface area contributed by atoms with Crippen LogP contribution in [0.2, 0.25) is 0 Å². The van der Waals surface area contributed by atoms with Gasteiger partial charge in [0.05, 0.1) is 0 Å². The monoisotopic (exact) mass is 268 g/mol. The van der Waals surface area contributed by atoms with Crippen molar-refractivity contribution in [3.63, 3.8) is 0 Å². The molecule has 0 bridgehead atoms. The van der Waals surface area contributed by atoms with Crippen LogP contribution in [0.15, 0.2) is 11.3 Å². The standard InChI is InChI=1S/C12H16N2O3S/c13-8-10(15)14-9(12(16)17)7(5-18-11(8)14)6-3-1-2-4-6/h6,8,11H,1-5,13H2,(H,16,17)/t8?,11-/m1/s1. The summed E-state index contributed by atoms with van der Waals surface area (Å²) in [5.74, 6) is -0.189. The lowest BCUT2D eigenvalue weighted by Gasteiger charge is -2.48. The van der Waals surface area contributed by atoms with Crippen LogP contribution in [0.4, 0.5) is 0 Å². The molecule has 0 spiro atoms. The number of amides is 1. The van der Waals surface area contributed by atoms with Crippen LogP contribution >= 0.6 is 11.8 Å². The van der Waals surface area contributed by atoms with Gasteiger partial charge in [-0.3, -0.25) is 9.69 Å². The van der Waals surface area contributed by atoms with Gasteiger partial charge in [-0.25, -0.2) is 4.79 Å². The zero-order valence-corrected chi connectivity index (χ0v) is 10.8. The molecule has 1 aliphatic carbocycles. The zero-order valence-electron chi connectivity index (χ0n) is 9.96. The van der Waals surface area contributed by atoms with E-state index in [0.29, 0.717) is 11.7 Å². The van der Waals surface area contributed by atoms with Crippen molar-refractivity contribution >= 4 is 23.6 Å². The quantitative estimate of drug-likeness (QED) is 0.722. The maximum absolute atomic E-state index is 11.8. The van der Waals surface area contributed by atoms with Crippen LogP contribution in [0.5, 0.6) is 0 Å². The summed E-state index contributed by atoms with van der Waals surface area (Å²) in [6, 6.07) is -0.533. The van der Waals surface area contributed by atoms with E-state index in [-0.39, 0.29) is 17.0 Å². The fraction of sp³-hybridized carbons (Fsp3) is 0.667. The summed E-state index contributed by atoms with van der Waals surface area (Å²) in [5, 5.41) is 9.22. The Labute approximate surface area is 109 Å². The Morgan fingerprint density at radius 3 is 2.67 bits per heavy atom. The normalized spacial score (nSPS) is 32.5. The fourth-order valence-electron chi connectivity index (χ4n) is 3.13. The van der Waals surface area contributed by atoms with Crippen LogP contribution < -0.4 is 5.73 Å². The molecule has 1 saturated heterocycles. The van der Waals surface area contributed by atoms with Gasteiger partial charge in [-0.2, -0.15) is 0 Å². The summed E-state index contributed by atoms with van der Waals surface area (Å²) >= 11 is 1.60. The Hall–Kier alpha value is -1.01. The third kappa shape index (κ3) is 1.59. The summed E-state index contributed by atoms with van der Waals surface area (Å²) < 4.78 is 0. The van der Waals surface area contributed by atoms with Crippen molar-refractivity contribution in [2.45, 2.75) is 37.1 Å². The highest BCUT2D eigenvalue weighted by atomic mass is 32.2. The number of fused-ring (bicyclic) bond motifs is 1. The Balaban J connectivity index is 1.97. The van der Waals surface area contributed by atoms with Crippen LogP contribution in [0, 0.1) is 5.92 Å². The molecule has 3 N–H and O–H groups in total. The first kappa shape index (κ1) is 12.0. The molecule has 0 radical (unpaired) electrons. The molecule has 1 unspecified atom stereocenters. The number of carboxylic acid groups (broad SMARTS) is 1. The van der Waals surface area contributed by atoms with Gasteiger partial charge in [0.2, 0.25) is 5.91 Å². The maximum Gasteiger partial charge on any atom is 0.352 e. The van der Waals surface area contributed by atoms with Crippen molar-refractivity contribution in [2.24, 2.45) is 11.7 Å². The number of carbonyl (C=O) groups is 2. The van der Waals surface area contributed by atoms with Gasteiger partial charge >= 0.3 is 5.97 Å². The van der Waals surface area contributed by atoms with E-state index in [2.05, 4.69) is 0 Å². The molecule has 18 heavy (non-hydrogen) atoms. The van der Waals surface area contributed by atoms with E-state index >= 15 is 0 Å². The third-order valence-corrected chi connectivity index (χ3v) is 5.41. The predicted molar refractivity (Wildman–Crippen MR) is 67.7 cm³/mol. The number of hydrogen-bond acceptors (Lipinski definition) is 4. The lowest BCUT2D eigenvalue weighted by atomic mass is 9.94. The highest BCUT2D eigenvalue weighted by molar-refractivity contribution is 8.00. The van der Waals surface area contributed by atoms with Gasteiger partial charge in [-0.15, -0.1) is 11.8 Å². The SMILES string of the molecule is NC1C(=O)N2C(C(=O)O)=C(C3CCCC3)CS[C@H]12. The molecule has 3 aliphatic rings. The number of carboxylic acids is 1. The van der Waals surface area contributed by atoms with Crippen molar-refractivity contribution in [1.29, 1.82) is 0 Å². The largest absolute Gasteiger partial charge is 0.477 e. The van der Waals surface area contributed by atoms with Gasteiger partial charge in [-0.05, 0) is 24.3 Å². The van der Waals surface area contributed by atoms with Crippen LogP contribution in [0.25, 0.3) is 0 Å². The minimum atomic E-state index is -0.984. The molecule has 1 saturated carbocycles. The number of β-lactam (4-membered cyclic amide) rings is 1. The first-order chi connectivity index (χ1) is 8.61. The van der Waals surface area contributed by atoms with Gasteiger partial charge in [0.1, 0.15) is 17.1 Å². The average Bonchev–Trinajstić information content (AvgIpc) is 2.89. The molecule has 3 rings (SSSR count). The Kier molecular flexibility index (Phi) is 2.86. The number of carbonyl (C=O) groups excluding carboxylic acids is 1. The van der Waals surface area contributed by atoms with Gasteiger partial charge in [-0.1, -0.05) is 12.8 Å². The summed E-state index contributed by atoms with van der Waals surface area (Å²) in [6.07, 6.45) is 4.40.